The van der Waals surface area contributed by atoms with Crippen LogP contribution >= 0.6 is 11.6 Å². The molecule has 1 N–H and O–H groups in total. The van der Waals surface area contributed by atoms with Crippen LogP contribution in [0.15, 0.2) is 47.4 Å². The normalized spacial score (nSPS) is 12.3. The van der Waals surface area contributed by atoms with Crippen molar-refractivity contribution in [2.75, 3.05) is 20.8 Å². The maximum absolute atomic E-state index is 12.4. The fourth-order valence-electron chi connectivity index (χ4n) is 2.33. The highest BCUT2D eigenvalue weighted by molar-refractivity contribution is 7.89. The van der Waals surface area contributed by atoms with Gasteiger partial charge in [0, 0.05) is 16.7 Å². The van der Waals surface area contributed by atoms with Gasteiger partial charge in [-0.2, -0.15) is 4.72 Å². The number of hydrogen-bond donors (Lipinski definition) is 1. The Hall–Kier alpha value is -2.29. The number of rotatable bonds is 8. The molecule has 0 saturated heterocycles. The highest BCUT2D eigenvalue weighted by Crippen LogP contribution is 2.29. The Kier molecular flexibility index (Phi) is 7.06. The second-order valence-corrected chi connectivity index (χ2v) is 7.67. The van der Waals surface area contributed by atoms with Crippen molar-refractivity contribution in [2.24, 2.45) is 0 Å². The SMILES string of the molecule is COc1ccc(S(=O)(=O)NCC(=O)O[C@H](C)c2ccccc2Cl)cc1OC. The van der Waals surface area contributed by atoms with Gasteiger partial charge >= 0.3 is 5.97 Å². The predicted molar refractivity (Wildman–Crippen MR) is 101 cm³/mol. The molecule has 27 heavy (non-hydrogen) atoms. The molecule has 0 bridgehead atoms. The van der Waals surface area contributed by atoms with Crippen molar-refractivity contribution >= 4 is 27.6 Å². The molecule has 2 rings (SSSR count). The number of sulfonamides is 1. The number of halogens is 1. The molecule has 0 unspecified atom stereocenters. The first kappa shape index (κ1) is 21.0. The molecule has 0 aliphatic carbocycles. The van der Waals surface area contributed by atoms with E-state index in [1.165, 1.54) is 32.4 Å². The van der Waals surface area contributed by atoms with Crippen LogP contribution in [-0.2, 0) is 19.6 Å². The lowest BCUT2D eigenvalue weighted by Gasteiger charge is -2.15. The molecule has 0 saturated carbocycles. The molecule has 0 spiro atoms. The predicted octanol–water partition coefficient (Wildman–Crippen LogP) is 2.94. The quantitative estimate of drug-likeness (QED) is 0.669. The minimum Gasteiger partial charge on any atom is -0.493 e. The molecule has 0 aliphatic rings. The summed E-state index contributed by atoms with van der Waals surface area (Å²) < 4.78 is 42.4. The minimum atomic E-state index is -3.93. The summed E-state index contributed by atoms with van der Waals surface area (Å²) in [6.07, 6.45) is -0.614. The smallest absolute Gasteiger partial charge is 0.321 e. The molecule has 1 atom stereocenters. The van der Waals surface area contributed by atoms with Gasteiger partial charge in [-0.1, -0.05) is 29.8 Å². The number of esters is 1. The van der Waals surface area contributed by atoms with Gasteiger partial charge in [0.05, 0.1) is 19.1 Å². The monoisotopic (exact) mass is 413 g/mol. The Morgan fingerprint density at radius 1 is 1.11 bits per heavy atom. The number of methoxy groups -OCH3 is 2. The average Bonchev–Trinajstić information content (AvgIpc) is 2.66. The molecule has 0 aliphatic heterocycles. The number of hydrogen-bond acceptors (Lipinski definition) is 6. The van der Waals surface area contributed by atoms with Crippen molar-refractivity contribution in [2.45, 2.75) is 17.9 Å². The van der Waals surface area contributed by atoms with E-state index in [0.29, 0.717) is 16.3 Å². The summed E-state index contributed by atoms with van der Waals surface area (Å²) in [6.45, 7) is 1.13. The zero-order valence-electron chi connectivity index (χ0n) is 15.1. The molecular formula is C18H20ClNO6S. The molecule has 0 heterocycles. The minimum absolute atomic E-state index is 0.0629. The van der Waals surface area contributed by atoms with Gasteiger partial charge in [0.15, 0.2) is 11.5 Å². The van der Waals surface area contributed by atoms with Crippen molar-refractivity contribution in [3.8, 4) is 11.5 Å². The number of ether oxygens (including phenoxy) is 3. The van der Waals surface area contributed by atoms with Crippen LogP contribution in [0, 0.1) is 0 Å². The first-order valence-corrected chi connectivity index (χ1v) is 9.80. The molecule has 9 heteroatoms. The Morgan fingerprint density at radius 3 is 2.41 bits per heavy atom. The van der Waals surface area contributed by atoms with E-state index < -0.39 is 28.6 Å². The van der Waals surface area contributed by atoms with Gasteiger partial charge in [0.2, 0.25) is 10.0 Å². The van der Waals surface area contributed by atoms with Crippen LogP contribution in [0.5, 0.6) is 11.5 Å². The number of carbonyl (C=O) groups excluding carboxylic acids is 1. The summed E-state index contributed by atoms with van der Waals surface area (Å²) in [6, 6.07) is 11.1. The molecule has 0 amide bonds. The van der Waals surface area contributed by atoms with Gasteiger partial charge in [0.25, 0.3) is 0 Å². The summed E-state index contributed by atoms with van der Waals surface area (Å²) in [4.78, 5) is 11.9. The Balaban J connectivity index is 2.02. The van der Waals surface area contributed by atoms with Gasteiger partial charge in [-0.25, -0.2) is 8.42 Å². The second-order valence-electron chi connectivity index (χ2n) is 5.49. The second kappa shape index (κ2) is 9.07. The fourth-order valence-corrected chi connectivity index (χ4v) is 3.60. The standard InChI is InChI=1S/C18H20ClNO6S/c1-12(14-6-4-5-7-15(14)19)26-18(21)11-20-27(22,23)13-8-9-16(24-2)17(10-13)25-3/h4-10,12,20H,11H2,1-3H3/t12-/m1/s1. The molecule has 0 radical (unpaired) electrons. The number of carbonyl (C=O) groups is 1. The topological polar surface area (TPSA) is 90.9 Å². The van der Waals surface area contributed by atoms with Gasteiger partial charge in [-0.05, 0) is 25.1 Å². The number of benzene rings is 2. The van der Waals surface area contributed by atoms with Crippen LogP contribution in [-0.4, -0.2) is 35.2 Å². The average molecular weight is 414 g/mol. The van der Waals surface area contributed by atoms with Gasteiger partial charge < -0.3 is 14.2 Å². The van der Waals surface area contributed by atoms with Crippen molar-refractivity contribution in [3.05, 3.63) is 53.1 Å². The molecule has 2 aromatic rings. The van der Waals surface area contributed by atoms with Crippen LogP contribution in [0.1, 0.15) is 18.6 Å². The fraction of sp³-hybridized carbons (Fsp3) is 0.278. The van der Waals surface area contributed by atoms with Crippen LogP contribution in [0.25, 0.3) is 0 Å². The van der Waals surface area contributed by atoms with Gasteiger partial charge in [-0.3, -0.25) is 4.79 Å². The first-order valence-electron chi connectivity index (χ1n) is 7.94. The molecule has 2 aromatic carbocycles. The maximum atomic E-state index is 12.4. The molecule has 7 nitrogen and oxygen atoms in total. The Labute approximate surface area is 163 Å². The third-order valence-corrected chi connectivity index (χ3v) is 5.47. The summed E-state index contributed by atoms with van der Waals surface area (Å²) in [5, 5.41) is 0.462. The first-order chi connectivity index (χ1) is 12.8. The van der Waals surface area contributed by atoms with E-state index in [0.717, 1.165) is 0 Å². The molecule has 0 aromatic heterocycles. The van der Waals surface area contributed by atoms with E-state index in [-0.39, 0.29) is 10.6 Å². The van der Waals surface area contributed by atoms with Gasteiger partial charge in [-0.15, -0.1) is 0 Å². The van der Waals surface area contributed by atoms with Crippen molar-refractivity contribution in [3.63, 3.8) is 0 Å². The van der Waals surface area contributed by atoms with E-state index in [9.17, 15) is 13.2 Å². The lowest BCUT2D eigenvalue weighted by molar-refractivity contribution is -0.147. The van der Waals surface area contributed by atoms with Crippen LogP contribution in [0.3, 0.4) is 0 Å². The molecule has 0 fully saturated rings. The van der Waals surface area contributed by atoms with E-state index in [1.54, 1.807) is 31.2 Å². The van der Waals surface area contributed by atoms with E-state index in [1.807, 2.05) is 0 Å². The van der Waals surface area contributed by atoms with Crippen LogP contribution < -0.4 is 14.2 Å². The third kappa shape index (κ3) is 5.35. The van der Waals surface area contributed by atoms with E-state index >= 15 is 0 Å². The molecule has 146 valence electrons. The molecular weight excluding hydrogens is 394 g/mol. The summed E-state index contributed by atoms with van der Waals surface area (Å²) in [5.74, 6) is -0.0776. The number of nitrogens with one attached hydrogen (secondary N) is 1. The zero-order chi connectivity index (χ0) is 20.0. The van der Waals surface area contributed by atoms with Crippen LogP contribution in [0.2, 0.25) is 5.02 Å². The van der Waals surface area contributed by atoms with Crippen molar-refractivity contribution in [1.82, 2.24) is 4.72 Å². The van der Waals surface area contributed by atoms with Crippen molar-refractivity contribution in [1.29, 1.82) is 0 Å². The largest absolute Gasteiger partial charge is 0.493 e. The lowest BCUT2D eigenvalue weighted by atomic mass is 10.1. The van der Waals surface area contributed by atoms with Crippen LogP contribution in [0.4, 0.5) is 0 Å². The lowest BCUT2D eigenvalue weighted by Crippen LogP contribution is -2.31. The summed E-state index contributed by atoms with van der Waals surface area (Å²) in [5.41, 5.74) is 0.635. The summed E-state index contributed by atoms with van der Waals surface area (Å²) >= 11 is 6.06. The Morgan fingerprint density at radius 2 is 1.78 bits per heavy atom. The van der Waals surface area contributed by atoms with Gasteiger partial charge in [0.1, 0.15) is 12.6 Å². The Bertz CT molecular complexity index is 916. The van der Waals surface area contributed by atoms with E-state index in [2.05, 4.69) is 4.72 Å². The highest BCUT2D eigenvalue weighted by Gasteiger charge is 2.20. The third-order valence-electron chi connectivity index (χ3n) is 3.72. The highest BCUT2D eigenvalue weighted by atomic mass is 35.5. The van der Waals surface area contributed by atoms with Crippen molar-refractivity contribution < 1.29 is 27.4 Å². The zero-order valence-corrected chi connectivity index (χ0v) is 16.6. The summed E-state index contributed by atoms with van der Waals surface area (Å²) in [7, 11) is -1.09. The maximum Gasteiger partial charge on any atom is 0.321 e. The van der Waals surface area contributed by atoms with E-state index in [4.69, 9.17) is 25.8 Å².